The van der Waals surface area contributed by atoms with E-state index in [0.717, 1.165) is 34.8 Å². The van der Waals surface area contributed by atoms with Crippen molar-refractivity contribution in [1.29, 1.82) is 0 Å². The second kappa shape index (κ2) is 9.65. The van der Waals surface area contributed by atoms with Crippen molar-refractivity contribution in [2.24, 2.45) is 0 Å². The average molecular weight is 449 g/mol. The smallest absolute Gasteiger partial charge is 0.257 e. The summed E-state index contributed by atoms with van der Waals surface area (Å²) in [5.74, 6) is 1.29. The topological polar surface area (TPSA) is 85.4 Å². The molecule has 0 bridgehead atoms. The van der Waals surface area contributed by atoms with Crippen LogP contribution in [0, 0.1) is 6.92 Å². The Morgan fingerprint density at radius 1 is 1.06 bits per heavy atom. The third kappa shape index (κ3) is 4.81. The SMILES string of the molecule is COc1ccc(CCNc2ccc(OC)c3nc(NC(=O)c4ccnc(C)c4)sc23)cc1. The molecular formula is C24H24N4O3S. The van der Waals surface area contributed by atoms with Gasteiger partial charge in [-0.05, 0) is 55.3 Å². The molecule has 0 atom stereocenters. The van der Waals surface area contributed by atoms with Gasteiger partial charge in [-0.2, -0.15) is 0 Å². The number of hydrogen-bond acceptors (Lipinski definition) is 7. The first-order chi connectivity index (χ1) is 15.6. The fraction of sp³-hybridized carbons (Fsp3) is 0.208. The molecule has 0 unspecified atom stereocenters. The number of ether oxygens (including phenoxy) is 2. The van der Waals surface area contributed by atoms with E-state index in [-0.39, 0.29) is 5.91 Å². The summed E-state index contributed by atoms with van der Waals surface area (Å²) in [5, 5.41) is 6.89. The number of thiazole rings is 1. The molecule has 164 valence electrons. The zero-order valence-corrected chi connectivity index (χ0v) is 19.0. The Labute approximate surface area is 190 Å². The molecule has 0 aliphatic rings. The van der Waals surface area contributed by atoms with Gasteiger partial charge in [-0.15, -0.1) is 0 Å². The van der Waals surface area contributed by atoms with Crippen molar-refractivity contribution < 1.29 is 14.3 Å². The molecule has 1 amide bonds. The molecule has 0 saturated heterocycles. The Balaban J connectivity index is 1.51. The number of pyridine rings is 1. The maximum atomic E-state index is 12.6. The van der Waals surface area contributed by atoms with Gasteiger partial charge in [0.05, 0.1) is 24.6 Å². The van der Waals surface area contributed by atoms with E-state index in [9.17, 15) is 4.79 Å². The molecule has 8 heteroatoms. The average Bonchev–Trinajstić information content (AvgIpc) is 3.23. The standard InChI is InChI=1S/C24H24N4O3S/c1-15-14-17(11-13-25-15)23(29)28-24-27-21-20(31-3)9-8-19(22(21)32-24)26-12-10-16-4-6-18(30-2)7-5-16/h4-9,11,13-14,26H,10,12H2,1-3H3,(H,27,28,29). The van der Waals surface area contributed by atoms with Crippen LogP contribution in [-0.4, -0.2) is 36.6 Å². The minimum absolute atomic E-state index is 0.220. The Hall–Kier alpha value is -3.65. The molecule has 0 aliphatic heterocycles. The Morgan fingerprint density at radius 2 is 1.88 bits per heavy atom. The summed E-state index contributed by atoms with van der Waals surface area (Å²) in [5.41, 5.74) is 4.21. The summed E-state index contributed by atoms with van der Waals surface area (Å²) in [6.07, 6.45) is 2.48. The van der Waals surface area contributed by atoms with Gasteiger partial charge in [-0.3, -0.25) is 15.1 Å². The highest BCUT2D eigenvalue weighted by Gasteiger charge is 2.15. The first-order valence-electron chi connectivity index (χ1n) is 10.2. The fourth-order valence-corrected chi connectivity index (χ4v) is 4.30. The van der Waals surface area contributed by atoms with Crippen molar-refractivity contribution in [2.45, 2.75) is 13.3 Å². The van der Waals surface area contributed by atoms with E-state index in [2.05, 4.69) is 32.7 Å². The van der Waals surface area contributed by atoms with Crippen LogP contribution in [0.3, 0.4) is 0 Å². The van der Waals surface area contributed by atoms with Crippen molar-refractivity contribution in [2.75, 3.05) is 31.4 Å². The molecule has 32 heavy (non-hydrogen) atoms. The zero-order valence-electron chi connectivity index (χ0n) is 18.1. The number of carbonyl (C=O) groups is 1. The van der Waals surface area contributed by atoms with E-state index in [1.807, 2.05) is 31.2 Å². The van der Waals surface area contributed by atoms with E-state index in [0.29, 0.717) is 22.0 Å². The van der Waals surface area contributed by atoms with Crippen molar-refractivity contribution >= 4 is 38.3 Å². The van der Waals surface area contributed by atoms with Crippen LogP contribution in [0.15, 0.2) is 54.7 Å². The van der Waals surface area contributed by atoms with Crippen LogP contribution in [0.1, 0.15) is 21.6 Å². The van der Waals surface area contributed by atoms with Crippen LogP contribution in [0.2, 0.25) is 0 Å². The minimum Gasteiger partial charge on any atom is -0.497 e. The molecule has 0 saturated carbocycles. The molecule has 2 heterocycles. The quantitative estimate of drug-likeness (QED) is 0.398. The van der Waals surface area contributed by atoms with E-state index >= 15 is 0 Å². The molecule has 0 radical (unpaired) electrons. The highest BCUT2D eigenvalue weighted by atomic mass is 32.1. The lowest BCUT2D eigenvalue weighted by Crippen LogP contribution is -2.11. The molecule has 7 nitrogen and oxygen atoms in total. The van der Waals surface area contributed by atoms with Gasteiger partial charge < -0.3 is 14.8 Å². The van der Waals surface area contributed by atoms with Gasteiger partial charge in [0.1, 0.15) is 17.0 Å². The number of aryl methyl sites for hydroxylation is 1. The van der Waals surface area contributed by atoms with Crippen LogP contribution in [0.25, 0.3) is 10.2 Å². The number of rotatable bonds is 8. The van der Waals surface area contributed by atoms with Gasteiger partial charge in [-0.25, -0.2) is 4.98 Å². The largest absolute Gasteiger partial charge is 0.497 e. The van der Waals surface area contributed by atoms with Gasteiger partial charge >= 0.3 is 0 Å². The van der Waals surface area contributed by atoms with Gasteiger partial charge in [-0.1, -0.05) is 23.5 Å². The summed E-state index contributed by atoms with van der Waals surface area (Å²) in [7, 11) is 3.28. The third-order valence-electron chi connectivity index (χ3n) is 4.99. The first kappa shape index (κ1) is 21.6. The monoisotopic (exact) mass is 448 g/mol. The zero-order chi connectivity index (χ0) is 22.5. The Kier molecular flexibility index (Phi) is 6.51. The Bertz CT molecular complexity index is 1240. The first-order valence-corrected chi connectivity index (χ1v) is 11.0. The second-order valence-electron chi connectivity index (χ2n) is 7.18. The number of nitrogens with one attached hydrogen (secondary N) is 2. The summed E-state index contributed by atoms with van der Waals surface area (Å²) in [6.45, 7) is 2.60. The van der Waals surface area contributed by atoms with E-state index < -0.39 is 0 Å². The maximum absolute atomic E-state index is 12.6. The van der Waals surface area contributed by atoms with E-state index in [1.54, 1.807) is 32.5 Å². The lowest BCUT2D eigenvalue weighted by molar-refractivity contribution is 0.102. The molecule has 4 aromatic rings. The van der Waals surface area contributed by atoms with Crippen LogP contribution in [-0.2, 0) is 6.42 Å². The highest BCUT2D eigenvalue weighted by molar-refractivity contribution is 7.23. The molecule has 0 aliphatic carbocycles. The van der Waals surface area contributed by atoms with Gasteiger partial charge in [0.25, 0.3) is 5.91 Å². The summed E-state index contributed by atoms with van der Waals surface area (Å²) in [4.78, 5) is 21.4. The van der Waals surface area contributed by atoms with E-state index in [4.69, 9.17) is 9.47 Å². The lowest BCUT2D eigenvalue weighted by atomic mass is 10.1. The number of hydrogen-bond donors (Lipinski definition) is 2. The minimum atomic E-state index is -0.220. The number of carbonyl (C=O) groups excluding carboxylic acids is 1. The number of nitrogens with zero attached hydrogens (tertiary/aromatic N) is 2. The normalized spacial score (nSPS) is 10.7. The van der Waals surface area contributed by atoms with Crippen molar-refractivity contribution in [1.82, 2.24) is 9.97 Å². The number of methoxy groups -OCH3 is 2. The van der Waals surface area contributed by atoms with E-state index in [1.165, 1.54) is 16.9 Å². The van der Waals surface area contributed by atoms with Crippen molar-refractivity contribution in [3.63, 3.8) is 0 Å². The molecule has 2 aromatic heterocycles. The number of amides is 1. The predicted molar refractivity (Wildman–Crippen MR) is 128 cm³/mol. The summed E-state index contributed by atoms with van der Waals surface area (Å²) >= 11 is 1.41. The summed E-state index contributed by atoms with van der Waals surface area (Å²) < 4.78 is 11.6. The number of aromatic nitrogens is 2. The maximum Gasteiger partial charge on any atom is 0.257 e. The molecular weight excluding hydrogens is 424 g/mol. The van der Waals surface area contributed by atoms with Crippen LogP contribution >= 0.6 is 11.3 Å². The van der Waals surface area contributed by atoms with Crippen LogP contribution in [0.5, 0.6) is 11.5 Å². The van der Waals surface area contributed by atoms with Crippen molar-refractivity contribution in [3.8, 4) is 11.5 Å². The predicted octanol–water partition coefficient (Wildman–Crippen LogP) is 4.92. The fourth-order valence-electron chi connectivity index (χ4n) is 3.33. The lowest BCUT2D eigenvalue weighted by Gasteiger charge is -2.09. The van der Waals surface area contributed by atoms with Gasteiger partial charge in [0, 0.05) is 24.0 Å². The van der Waals surface area contributed by atoms with Gasteiger partial charge in [0.2, 0.25) is 0 Å². The van der Waals surface area contributed by atoms with Crippen molar-refractivity contribution in [3.05, 3.63) is 71.5 Å². The highest BCUT2D eigenvalue weighted by Crippen LogP contribution is 2.37. The number of fused-ring (bicyclic) bond motifs is 1. The molecule has 2 N–H and O–H groups in total. The molecule has 4 rings (SSSR count). The number of anilines is 2. The molecule has 2 aromatic carbocycles. The second-order valence-corrected chi connectivity index (χ2v) is 8.18. The third-order valence-corrected chi connectivity index (χ3v) is 6.00. The molecule has 0 spiro atoms. The summed E-state index contributed by atoms with van der Waals surface area (Å²) in [6, 6.07) is 15.3. The van der Waals surface area contributed by atoms with Crippen LogP contribution < -0.4 is 20.1 Å². The number of benzene rings is 2. The van der Waals surface area contributed by atoms with Gasteiger partial charge in [0.15, 0.2) is 5.13 Å². The molecule has 0 fully saturated rings. The Morgan fingerprint density at radius 3 is 2.59 bits per heavy atom. The van der Waals surface area contributed by atoms with Crippen LogP contribution in [0.4, 0.5) is 10.8 Å².